The van der Waals surface area contributed by atoms with Crippen LogP contribution < -0.4 is 0 Å². The number of aliphatic hydroxyl groups excluding tert-OH is 1. The van der Waals surface area contributed by atoms with Crippen molar-refractivity contribution < 1.29 is 9.94 Å². The number of hydrogen-bond donors (Lipinski definition) is 1. The fourth-order valence-corrected chi connectivity index (χ4v) is 2.10. The minimum Gasteiger partial charge on any atom is -0.396 e. The Hall–Kier alpha value is 0.0700. The molecule has 0 bridgehead atoms. The fraction of sp³-hybridized carbons (Fsp3) is 0.875. The Kier molecular flexibility index (Phi) is 4.35. The molecule has 0 radical (unpaired) electrons. The lowest BCUT2D eigenvalue weighted by Crippen LogP contribution is -2.26. The number of oxime groups is 1. The van der Waals surface area contributed by atoms with Crippen molar-refractivity contribution in [3.63, 3.8) is 0 Å². The molecule has 1 atom stereocenters. The van der Waals surface area contributed by atoms with Crippen LogP contribution in [0, 0.1) is 0 Å². The highest BCUT2D eigenvalue weighted by Gasteiger charge is 2.33. The summed E-state index contributed by atoms with van der Waals surface area (Å²) < 4.78 is 0. The molecule has 0 spiro atoms. The van der Waals surface area contributed by atoms with Gasteiger partial charge in [0.25, 0.3) is 0 Å². The summed E-state index contributed by atoms with van der Waals surface area (Å²) >= 11 is 7.36. The molecule has 1 heterocycles. The monoisotopic (exact) mass is 223 g/mol. The van der Waals surface area contributed by atoms with Crippen LogP contribution in [0.2, 0.25) is 0 Å². The maximum atomic E-state index is 8.58. The molecule has 0 aromatic carbocycles. The number of nitrogens with zero attached hydrogens (tertiary/aromatic N) is 1. The van der Waals surface area contributed by atoms with Gasteiger partial charge in [0.15, 0.2) is 5.60 Å². The normalized spacial score (nSPS) is 27.2. The first-order chi connectivity index (χ1) is 6.20. The summed E-state index contributed by atoms with van der Waals surface area (Å²) in [6.45, 7) is 2.18. The molecule has 0 amide bonds. The molecule has 1 aliphatic heterocycles. The van der Waals surface area contributed by atoms with Gasteiger partial charge in [-0.1, -0.05) is 5.16 Å². The zero-order valence-corrected chi connectivity index (χ0v) is 9.20. The van der Waals surface area contributed by atoms with Gasteiger partial charge in [-0.2, -0.15) is 0 Å². The van der Waals surface area contributed by atoms with Gasteiger partial charge in [-0.15, -0.1) is 23.4 Å². The average molecular weight is 224 g/mol. The minimum absolute atomic E-state index is 0.230. The Bertz CT molecular complexity index is 201. The molecule has 1 rings (SSSR count). The third-order valence-corrected chi connectivity index (χ3v) is 3.36. The lowest BCUT2D eigenvalue weighted by Gasteiger charge is -2.16. The van der Waals surface area contributed by atoms with Crippen LogP contribution in [0.4, 0.5) is 0 Å². The number of aliphatic hydroxyl groups is 1. The molecular weight excluding hydrogens is 210 g/mol. The first-order valence-corrected chi connectivity index (χ1v) is 5.77. The quantitative estimate of drug-likeness (QED) is 0.584. The van der Waals surface area contributed by atoms with E-state index in [0.717, 1.165) is 23.6 Å². The molecule has 1 aliphatic rings. The number of rotatable bonds is 4. The topological polar surface area (TPSA) is 41.8 Å². The standard InChI is InChI=1S/C8H14ClNO2S/c1-8(6-9)5-7(10-12-8)13-4-2-3-11/h11H,2-6H2,1H3. The predicted octanol–water partition coefficient (Wildman–Crippen LogP) is 1.83. The highest BCUT2D eigenvalue weighted by atomic mass is 35.5. The molecule has 0 aliphatic carbocycles. The van der Waals surface area contributed by atoms with Gasteiger partial charge in [0.1, 0.15) is 5.04 Å². The molecule has 76 valence electrons. The Morgan fingerprint density at radius 2 is 2.54 bits per heavy atom. The second kappa shape index (κ2) is 5.08. The van der Waals surface area contributed by atoms with Crippen molar-refractivity contribution in [2.45, 2.75) is 25.4 Å². The van der Waals surface area contributed by atoms with Gasteiger partial charge in [0, 0.05) is 18.8 Å². The molecule has 5 heteroatoms. The lowest BCUT2D eigenvalue weighted by molar-refractivity contribution is 0.0152. The summed E-state index contributed by atoms with van der Waals surface area (Å²) in [5.74, 6) is 1.34. The second-order valence-corrected chi connectivity index (χ2v) is 4.70. The van der Waals surface area contributed by atoms with Crippen LogP contribution in [0.15, 0.2) is 5.16 Å². The first-order valence-electron chi connectivity index (χ1n) is 4.25. The number of thioether (sulfide) groups is 1. The van der Waals surface area contributed by atoms with Crippen molar-refractivity contribution >= 4 is 28.4 Å². The Morgan fingerprint density at radius 3 is 3.08 bits per heavy atom. The van der Waals surface area contributed by atoms with Gasteiger partial charge in [-0.3, -0.25) is 0 Å². The van der Waals surface area contributed by atoms with E-state index in [0.29, 0.717) is 5.88 Å². The van der Waals surface area contributed by atoms with Crippen molar-refractivity contribution in [1.82, 2.24) is 0 Å². The van der Waals surface area contributed by atoms with E-state index in [1.165, 1.54) is 0 Å². The van der Waals surface area contributed by atoms with Crippen LogP contribution in [0.3, 0.4) is 0 Å². The summed E-state index contributed by atoms with van der Waals surface area (Å²) in [5.41, 5.74) is -0.316. The number of halogens is 1. The third kappa shape index (κ3) is 3.37. The lowest BCUT2D eigenvalue weighted by atomic mass is 10.1. The molecule has 13 heavy (non-hydrogen) atoms. The second-order valence-electron chi connectivity index (χ2n) is 3.26. The summed E-state index contributed by atoms with van der Waals surface area (Å²) in [7, 11) is 0. The van der Waals surface area contributed by atoms with Crippen LogP contribution in [0.5, 0.6) is 0 Å². The highest BCUT2D eigenvalue weighted by molar-refractivity contribution is 8.13. The Morgan fingerprint density at radius 1 is 1.77 bits per heavy atom. The van der Waals surface area contributed by atoms with E-state index in [1.54, 1.807) is 11.8 Å². The largest absolute Gasteiger partial charge is 0.396 e. The van der Waals surface area contributed by atoms with Crippen molar-refractivity contribution in [2.75, 3.05) is 18.2 Å². The van der Waals surface area contributed by atoms with Crippen molar-refractivity contribution in [3.05, 3.63) is 0 Å². The Labute approximate surface area is 87.5 Å². The molecule has 0 fully saturated rings. The molecule has 3 nitrogen and oxygen atoms in total. The van der Waals surface area contributed by atoms with Gasteiger partial charge >= 0.3 is 0 Å². The van der Waals surface area contributed by atoms with E-state index in [2.05, 4.69) is 5.16 Å². The van der Waals surface area contributed by atoms with E-state index in [9.17, 15) is 0 Å². The molecule has 1 N–H and O–H groups in total. The molecule has 1 unspecified atom stereocenters. The minimum atomic E-state index is -0.316. The van der Waals surface area contributed by atoms with E-state index >= 15 is 0 Å². The van der Waals surface area contributed by atoms with Gasteiger partial charge in [0.05, 0.1) is 5.88 Å². The van der Waals surface area contributed by atoms with E-state index in [4.69, 9.17) is 21.5 Å². The van der Waals surface area contributed by atoms with Gasteiger partial charge in [-0.05, 0) is 13.3 Å². The molecule has 0 saturated heterocycles. The van der Waals surface area contributed by atoms with Crippen LogP contribution in [0.1, 0.15) is 19.8 Å². The molecule has 0 aromatic rings. The summed E-state index contributed by atoms with van der Waals surface area (Å²) in [4.78, 5) is 5.21. The number of hydrogen-bond acceptors (Lipinski definition) is 4. The molecular formula is C8H14ClNO2S. The Balaban J connectivity index is 2.24. The summed E-state index contributed by atoms with van der Waals surface area (Å²) in [6, 6.07) is 0. The van der Waals surface area contributed by atoms with Gasteiger partial charge in [-0.25, -0.2) is 0 Å². The van der Waals surface area contributed by atoms with Crippen LogP contribution in [-0.2, 0) is 4.84 Å². The first kappa shape index (κ1) is 11.1. The third-order valence-electron chi connectivity index (χ3n) is 1.75. The van der Waals surface area contributed by atoms with E-state index < -0.39 is 0 Å². The van der Waals surface area contributed by atoms with Crippen molar-refractivity contribution in [1.29, 1.82) is 0 Å². The van der Waals surface area contributed by atoms with E-state index in [-0.39, 0.29) is 12.2 Å². The molecule has 0 aromatic heterocycles. The SMILES string of the molecule is CC1(CCl)CC(SCCCO)=NO1. The van der Waals surface area contributed by atoms with Gasteiger partial charge < -0.3 is 9.94 Å². The van der Waals surface area contributed by atoms with E-state index in [1.807, 2.05) is 6.92 Å². The van der Waals surface area contributed by atoms with Crippen molar-refractivity contribution in [2.24, 2.45) is 5.16 Å². The summed E-state index contributed by atoms with van der Waals surface area (Å²) in [5, 5.41) is 13.5. The maximum absolute atomic E-state index is 8.58. The van der Waals surface area contributed by atoms with Crippen molar-refractivity contribution in [3.8, 4) is 0 Å². The van der Waals surface area contributed by atoms with Crippen LogP contribution in [-0.4, -0.2) is 34.0 Å². The number of alkyl halides is 1. The predicted molar refractivity (Wildman–Crippen MR) is 56.4 cm³/mol. The smallest absolute Gasteiger partial charge is 0.154 e. The van der Waals surface area contributed by atoms with Gasteiger partial charge in [0.2, 0.25) is 0 Å². The average Bonchev–Trinajstić information content (AvgIpc) is 2.50. The van der Waals surface area contributed by atoms with Crippen LogP contribution in [0.25, 0.3) is 0 Å². The highest BCUT2D eigenvalue weighted by Crippen LogP contribution is 2.29. The summed E-state index contributed by atoms with van der Waals surface area (Å²) in [6.07, 6.45) is 1.58. The zero-order valence-electron chi connectivity index (χ0n) is 7.62. The molecule has 0 saturated carbocycles. The zero-order chi connectivity index (χ0) is 9.73. The van der Waals surface area contributed by atoms with Crippen LogP contribution >= 0.6 is 23.4 Å². The maximum Gasteiger partial charge on any atom is 0.154 e. The fourth-order valence-electron chi connectivity index (χ4n) is 0.949.